The molecule has 1 unspecified atom stereocenters. The fraction of sp³-hybridized carbons (Fsp3) is 0.556. The van der Waals surface area contributed by atoms with E-state index < -0.39 is 0 Å². The number of nitrogens with zero attached hydrogens (tertiary/aromatic N) is 2. The number of carbonyl (C=O) groups is 2. The smallest absolute Gasteiger partial charge is 0.230 e. The Morgan fingerprint density at radius 1 is 0.938 bits per heavy atom. The van der Waals surface area contributed by atoms with E-state index in [1.807, 2.05) is 23.6 Å². The maximum absolute atomic E-state index is 14.0. The minimum absolute atomic E-state index is 0.00376. The van der Waals surface area contributed by atoms with Crippen molar-refractivity contribution >= 4 is 23.2 Å². The van der Waals surface area contributed by atoms with Gasteiger partial charge in [-0.1, -0.05) is 49.2 Å². The van der Waals surface area contributed by atoms with E-state index in [0.29, 0.717) is 24.2 Å². The number of fused-ring (bicyclic) bond motifs is 1. The molecule has 2 saturated heterocycles. The first kappa shape index (κ1) is 21.7. The van der Waals surface area contributed by atoms with Gasteiger partial charge in [0, 0.05) is 30.6 Å². The maximum atomic E-state index is 14.0. The molecule has 3 aliphatic rings. The molecule has 0 spiro atoms. The summed E-state index contributed by atoms with van der Waals surface area (Å²) in [6.45, 7) is 2.45. The Hall–Kier alpha value is -2.14. The van der Waals surface area contributed by atoms with E-state index >= 15 is 0 Å². The molecule has 4 nitrogen and oxygen atoms in total. The van der Waals surface area contributed by atoms with Crippen molar-refractivity contribution < 1.29 is 9.59 Å². The van der Waals surface area contributed by atoms with Crippen molar-refractivity contribution in [1.82, 2.24) is 9.80 Å². The van der Waals surface area contributed by atoms with E-state index in [1.165, 1.54) is 18.4 Å². The molecule has 2 aromatic rings. The lowest BCUT2D eigenvalue weighted by Gasteiger charge is -2.48. The third-order valence-corrected chi connectivity index (χ3v) is 8.78. The summed E-state index contributed by atoms with van der Waals surface area (Å²) in [6, 6.07) is 14.8. The number of likely N-dealkylation sites (tertiary alicyclic amines) is 2. The van der Waals surface area contributed by atoms with Crippen LogP contribution in [0.15, 0.2) is 47.8 Å². The van der Waals surface area contributed by atoms with E-state index in [0.717, 1.165) is 56.6 Å². The van der Waals surface area contributed by atoms with Gasteiger partial charge in [0.1, 0.15) is 0 Å². The van der Waals surface area contributed by atoms with Gasteiger partial charge >= 0.3 is 0 Å². The van der Waals surface area contributed by atoms with Gasteiger partial charge < -0.3 is 9.80 Å². The highest BCUT2D eigenvalue weighted by Gasteiger charge is 2.43. The Labute approximate surface area is 195 Å². The molecule has 1 aromatic heterocycles. The van der Waals surface area contributed by atoms with Gasteiger partial charge in [-0.2, -0.15) is 0 Å². The van der Waals surface area contributed by atoms with Gasteiger partial charge in [-0.15, -0.1) is 11.3 Å². The van der Waals surface area contributed by atoms with Crippen LogP contribution in [0.4, 0.5) is 0 Å². The zero-order valence-corrected chi connectivity index (χ0v) is 19.6. The van der Waals surface area contributed by atoms with Crippen LogP contribution < -0.4 is 0 Å². The van der Waals surface area contributed by atoms with Crippen LogP contribution in [0.25, 0.3) is 0 Å². The topological polar surface area (TPSA) is 40.6 Å². The summed E-state index contributed by atoms with van der Waals surface area (Å²) < 4.78 is 0. The fourth-order valence-electron chi connectivity index (χ4n) is 6.32. The van der Waals surface area contributed by atoms with Gasteiger partial charge in [0.25, 0.3) is 0 Å². The van der Waals surface area contributed by atoms with Gasteiger partial charge in [-0.05, 0) is 60.9 Å². The molecule has 170 valence electrons. The lowest BCUT2D eigenvalue weighted by Crippen LogP contribution is -2.57. The summed E-state index contributed by atoms with van der Waals surface area (Å²) in [5, 5.41) is 2.03. The van der Waals surface area contributed by atoms with Crippen LogP contribution in [0.1, 0.15) is 61.3 Å². The number of thiophene rings is 1. The van der Waals surface area contributed by atoms with E-state index in [2.05, 4.69) is 34.1 Å². The second-order valence-electron chi connectivity index (χ2n) is 9.82. The highest BCUT2D eigenvalue weighted by atomic mass is 32.1. The van der Waals surface area contributed by atoms with Crippen LogP contribution in [0.5, 0.6) is 0 Å². The molecule has 1 saturated carbocycles. The van der Waals surface area contributed by atoms with Crippen molar-refractivity contribution in [3.63, 3.8) is 0 Å². The van der Waals surface area contributed by atoms with Gasteiger partial charge in [0.05, 0.1) is 12.3 Å². The van der Waals surface area contributed by atoms with Crippen LogP contribution in [0.3, 0.4) is 0 Å². The molecule has 2 amide bonds. The summed E-state index contributed by atoms with van der Waals surface area (Å²) in [4.78, 5) is 32.3. The van der Waals surface area contributed by atoms with Gasteiger partial charge in [-0.3, -0.25) is 9.59 Å². The Balaban J connectivity index is 1.30. The first-order valence-electron chi connectivity index (χ1n) is 12.4. The minimum atomic E-state index is -0.00376. The van der Waals surface area contributed by atoms with E-state index in [9.17, 15) is 9.59 Å². The zero-order valence-electron chi connectivity index (χ0n) is 18.8. The summed E-state index contributed by atoms with van der Waals surface area (Å²) >= 11 is 1.66. The second-order valence-corrected chi connectivity index (χ2v) is 10.9. The number of amides is 2. The average Bonchev–Trinajstić information content (AvgIpc) is 3.54. The first-order chi connectivity index (χ1) is 15.7. The summed E-state index contributed by atoms with van der Waals surface area (Å²) in [5.41, 5.74) is 1.19. The number of hydrogen-bond acceptors (Lipinski definition) is 3. The van der Waals surface area contributed by atoms with Crippen molar-refractivity contribution in [1.29, 1.82) is 0 Å². The van der Waals surface area contributed by atoms with Crippen molar-refractivity contribution in [2.45, 2.75) is 63.3 Å². The van der Waals surface area contributed by atoms with E-state index in [1.54, 1.807) is 11.3 Å². The van der Waals surface area contributed by atoms with Crippen molar-refractivity contribution in [2.75, 3.05) is 19.6 Å². The lowest BCUT2D eigenvalue weighted by molar-refractivity contribution is -0.143. The Morgan fingerprint density at radius 2 is 1.75 bits per heavy atom. The molecule has 0 radical (unpaired) electrons. The molecule has 3 fully saturated rings. The number of carbonyl (C=O) groups excluding carboxylic acids is 2. The number of piperidine rings is 2. The van der Waals surface area contributed by atoms with Gasteiger partial charge in [0.15, 0.2) is 0 Å². The third-order valence-electron chi connectivity index (χ3n) is 7.91. The number of hydrogen-bond donors (Lipinski definition) is 0. The monoisotopic (exact) mass is 450 g/mol. The summed E-state index contributed by atoms with van der Waals surface area (Å²) in [7, 11) is 0. The predicted octanol–water partition coefficient (Wildman–Crippen LogP) is 5.10. The van der Waals surface area contributed by atoms with Gasteiger partial charge in [0.2, 0.25) is 11.8 Å². The second kappa shape index (κ2) is 9.78. The highest BCUT2D eigenvalue weighted by Crippen LogP contribution is 2.41. The fourth-order valence-corrected chi connectivity index (χ4v) is 7.02. The molecule has 2 aliphatic heterocycles. The number of rotatable bonds is 5. The SMILES string of the molecule is O=C(Cc1cccs1)N1CC[C@H]2[C@H](CCCN2C(=O)C(c2ccccc2)C2CCCC2)C1. The van der Waals surface area contributed by atoms with Crippen LogP contribution in [-0.2, 0) is 16.0 Å². The van der Waals surface area contributed by atoms with Crippen LogP contribution in [-0.4, -0.2) is 47.3 Å². The number of benzene rings is 1. The largest absolute Gasteiger partial charge is 0.342 e. The van der Waals surface area contributed by atoms with Crippen molar-refractivity contribution in [3.8, 4) is 0 Å². The minimum Gasteiger partial charge on any atom is -0.342 e. The van der Waals surface area contributed by atoms with E-state index in [4.69, 9.17) is 0 Å². The molecular weight excluding hydrogens is 416 g/mol. The van der Waals surface area contributed by atoms with Crippen LogP contribution in [0, 0.1) is 11.8 Å². The molecule has 5 heteroatoms. The average molecular weight is 451 g/mol. The Bertz CT molecular complexity index is 907. The maximum Gasteiger partial charge on any atom is 0.230 e. The Kier molecular flexibility index (Phi) is 6.63. The van der Waals surface area contributed by atoms with Crippen LogP contribution >= 0.6 is 11.3 Å². The molecule has 1 aromatic carbocycles. The molecule has 5 rings (SSSR count). The van der Waals surface area contributed by atoms with Crippen molar-refractivity contribution in [3.05, 3.63) is 58.3 Å². The molecule has 3 atom stereocenters. The van der Waals surface area contributed by atoms with Crippen LogP contribution in [0.2, 0.25) is 0 Å². The highest BCUT2D eigenvalue weighted by molar-refractivity contribution is 7.10. The normalized spacial score (nSPS) is 24.9. The third kappa shape index (κ3) is 4.50. The van der Waals surface area contributed by atoms with Crippen molar-refractivity contribution in [2.24, 2.45) is 11.8 Å². The quantitative estimate of drug-likeness (QED) is 0.636. The lowest BCUT2D eigenvalue weighted by atomic mass is 9.79. The summed E-state index contributed by atoms with van der Waals surface area (Å²) in [6.07, 6.45) is 8.41. The summed E-state index contributed by atoms with van der Waals surface area (Å²) in [5.74, 6) is 1.46. The molecule has 1 aliphatic carbocycles. The predicted molar refractivity (Wildman–Crippen MR) is 129 cm³/mol. The molecule has 3 heterocycles. The standard InChI is InChI=1S/C27H34N2O2S/c30-25(18-23-13-7-17-32-23)28-16-14-24-22(19-28)12-6-15-29(24)27(31)26(21-10-4-5-11-21)20-8-2-1-3-9-20/h1-3,7-9,13,17,21-22,24,26H,4-6,10-12,14-16,18-19H2/t22-,24+,26?/m1/s1. The molecule has 0 N–H and O–H groups in total. The first-order valence-corrected chi connectivity index (χ1v) is 13.2. The molecule has 32 heavy (non-hydrogen) atoms. The molecular formula is C27H34N2O2S. The zero-order chi connectivity index (χ0) is 21.9. The Morgan fingerprint density at radius 3 is 2.50 bits per heavy atom. The van der Waals surface area contributed by atoms with Gasteiger partial charge in [-0.25, -0.2) is 0 Å². The van der Waals surface area contributed by atoms with E-state index in [-0.39, 0.29) is 17.9 Å². The molecule has 0 bridgehead atoms.